The van der Waals surface area contributed by atoms with Crippen molar-refractivity contribution in [1.82, 2.24) is 15.1 Å². The molecule has 0 radical (unpaired) electrons. The third kappa shape index (κ3) is 4.86. The van der Waals surface area contributed by atoms with E-state index in [1.54, 1.807) is 0 Å². The second-order valence-corrected chi connectivity index (χ2v) is 5.94. The van der Waals surface area contributed by atoms with Gasteiger partial charge in [0, 0.05) is 6.54 Å². The number of carbonyl (C=O) groups excluding carboxylic acids is 1. The molecule has 0 fully saturated rings. The van der Waals surface area contributed by atoms with E-state index in [0.29, 0.717) is 24.3 Å². The first-order valence-electron chi connectivity index (χ1n) is 7.98. The molecule has 1 unspecified atom stereocenters. The van der Waals surface area contributed by atoms with Crippen LogP contribution >= 0.6 is 0 Å². The Morgan fingerprint density at radius 1 is 1.36 bits per heavy atom. The molecule has 1 rings (SSSR count). The fourth-order valence-electron chi connectivity index (χ4n) is 2.38. The second kappa shape index (κ2) is 8.56. The van der Waals surface area contributed by atoms with Crippen LogP contribution in [0.1, 0.15) is 63.0 Å². The standard InChI is InChI=1S/C16H27N3O3/c1-5-7-8-13(16(21)22)18-15(20)12-9-17-19(10-11(3)4)14(12)6-2/h9,11,13H,5-8,10H2,1-4H3,(H,18,20)(H,21,22). The van der Waals surface area contributed by atoms with Crippen LogP contribution in [0.2, 0.25) is 0 Å². The number of unbranched alkanes of at least 4 members (excludes halogenated alkanes) is 1. The van der Waals surface area contributed by atoms with Crippen molar-refractivity contribution in [2.45, 2.75) is 66.0 Å². The summed E-state index contributed by atoms with van der Waals surface area (Å²) in [7, 11) is 0. The molecule has 0 aromatic carbocycles. The zero-order valence-corrected chi connectivity index (χ0v) is 13.9. The number of aromatic nitrogens is 2. The Morgan fingerprint density at radius 3 is 2.55 bits per heavy atom. The van der Waals surface area contributed by atoms with Gasteiger partial charge in [-0.05, 0) is 18.8 Å². The van der Waals surface area contributed by atoms with Gasteiger partial charge in [-0.25, -0.2) is 4.79 Å². The number of hydrogen-bond acceptors (Lipinski definition) is 3. The molecule has 0 saturated carbocycles. The van der Waals surface area contributed by atoms with Gasteiger partial charge in [-0.3, -0.25) is 9.48 Å². The topological polar surface area (TPSA) is 84.2 Å². The molecule has 1 heterocycles. The first-order chi connectivity index (χ1) is 10.4. The maximum Gasteiger partial charge on any atom is 0.326 e. The predicted molar refractivity (Wildman–Crippen MR) is 84.9 cm³/mol. The molecule has 0 aliphatic rings. The quantitative estimate of drug-likeness (QED) is 0.734. The van der Waals surface area contributed by atoms with Crippen molar-refractivity contribution < 1.29 is 14.7 Å². The molecular formula is C16H27N3O3. The average Bonchev–Trinajstić information content (AvgIpc) is 2.84. The number of aliphatic carboxylic acids is 1. The van der Waals surface area contributed by atoms with E-state index >= 15 is 0 Å². The SMILES string of the molecule is CCCCC(NC(=O)c1cnn(CC(C)C)c1CC)C(=O)O. The Labute approximate surface area is 131 Å². The molecule has 6 nitrogen and oxygen atoms in total. The molecule has 22 heavy (non-hydrogen) atoms. The van der Waals surface area contributed by atoms with Crippen molar-refractivity contribution in [2.75, 3.05) is 0 Å². The second-order valence-electron chi connectivity index (χ2n) is 5.94. The zero-order valence-electron chi connectivity index (χ0n) is 13.9. The van der Waals surface area contributed by atoms with Crippen LogP contribution in [0.15, 0.2) is 6.20 Å². The van der Waals surface area contributed by atoms with E-state index in [9.17, 15) is 14.7 Å². The monoisotopic (exact) mass is 309 g/mol. The van der Waals surface area contributed by atoms with E-state index in [1.165, 1.54) is 6.20 Å². The summed E-state index contributed by atoms with van der Waals surface area (Å²) in [5, 5.41) is 16.1. The molecule has 1 atom stereocenters. The summed E-state index contributed by atoms with van der Waals surface area (Å²) in [4.78, 5) is 23.6. The van der Waals surface area contributed by atoms with Crippen LogP contribution in [-0.2, 0) is 17.8 Å². The molecule has 1 aromatic heterocycles. The van der Waals surface area contributed by atoms with Crippen LogP contribution in [0, 0.1) is 5.92 Å². The van der Waals surface area contributed by atoms with Crippen molar-refractivity contribution >= 4 is 11.9 Å². The highest BCUT2D eigenvalue weighted by Gasteiger charge is 2.23. The van der Waals surface area contributed by atoms with Crippen LogP contribution < -0.4 is 5.32 Å². The predicted octanol–water partition coefficient (Wildman–Crippen LogP) is 2.47. The molecular weight excluding hydrogens is 282 g/mol. The first-order valence-corrected chi connectivity index (χ1v) is 7.98. The van der Waals surface area contributed by atoms with Crippen LogP contribution in [-0.4, -0.2) is 32.8 Å². The fraction of sp³-hybridized carbons (Fsp3) is 0.688. The van der Waals surface area contributed by atoms with Crippen molar-refractivity contribution in [3.8, 4) is 0 Å². The number of carboxylic acid groups (broad SMARTS) is 1. The highest BCUT2D eigenvalue weighted by atomic mass is 16.4. The molecule has 0 bridgehead atoms. The Morgan fingerprint density at radius 2 is 2.05 bits per heavy atom. The van der Waals surface area contributed by atoms with Crippen LogP contribution in [0.3, 0.4) is 0 Å². The van der Waals surface area contributed by atoms with Gasteiger partial charge < -0.3 is 10.4 Å². The van der Waals surface area contributed by atoms with E-state index in [0.717, 1.165) is 25.1 Å². The summed E-state index contributed by atoms with van der Waals surface area (Å²) >= 11 is 0. The van der Waals surface area contributed by atoms with E-state index in [-0.39, 0.29) is 5.91 Å². The van der Waals surface area contributed by atoms with Gasteiger partial charge in [0.1, 0.15) is 6.04 Å². The minimum Gasteiger partial charge on any atom is -0.480 e. The van der Waals surface area contributed by atoms with Gasteiger partial charge in [0.25, 0.3) is 5.91 Å². The van der Waals surface area contributed by atoms with Crippen molar-refractivity contribution in [3.05, 3.63) is 17.5 Å². The van der Waals surface area contributed by atoms with Gasteiger partial charge in [0.2, 0.25) is 0 Å². The molecule has 124 valence electrons. The van der Waals surface area contributed by atoms with E-state index in [1.807, 2.05) is 18.5 Å². The molecule has 0 aliphatic carbocycles. The number of nitrogens with one attached hydrogen (secondary N) is 1. The molecule has 2 N–H and O–H groups in total. The summed E-state index contributed by atoms with van der Waals surface area (Å²) in [6.45, 7) is 8.88. The largest absolute Gasteiger partial charge is 0.480 e. The molecule has 6 heteroatoms. The Kier molecular flexibility index (Phi) is 7.08. The molecule has 0 aliphatic heterocycles. The highest BCUT2D eigenvalue weighted by Crippen LogP contribution is 2.13. The normalized spacial score (nSPS) is 12.4. The summed E-state index contributed by atoms with van der Waals surface area (Å²) in [5.41, 5.74) is 1.33. The summed E-state index contributed by atoms with van der Waals surface area (Å²) < 4.78 is 1.83. The smallest absolute Gasteiger partial charge is 0.326 e. The fourth-order valence-corrected chi connectivity index (χ4v) is 2.38. The van der Waals surface area contributed by atoms with Gasteiger partial charge in [0.15, 0.2) is 0 Å². The average molecular weight is 309 g/mol. The third-order valence-electron chi connectivity index (χ3n) is 3.52. The number of carbonyl (C=O) groups is 2. The van der Waals surface area contributed by atoms with Crippen LogP contribution in [0.5, 0.6) is 0 Å². The lowest BCUT2D eigenvalue weighted by Gasteiger charge is -2.14. The van der Waals surface area contributed by atoms with Crippen molar-refractivity contribution in [2.24, 2.45) is 5.92 Å². The zero-order chi connectivity index (χ0) is 16.7. The summed E-state index contributed by atoms with van der Waals surface area (Å²) in [5.74, 6) is -0.915. The maximum absolute atomic E-state index is 12.4. The van der Waals surface area contributed by atoms with Gasteiger partial charge in [-0.2, -0.15) is 5.10 Å². The van der Waals surface area contributed by atoms with Gasteiger partial charge in [-0.15, -0.1) is 0 Å². The number of amides is 1. The maximum atomic E-state index is 12.4. The van der Waals surface area contributed by atoms with E-state index in [2.05, 4.69) is 24.3 Å². The first kappa shape index (κ1) is 18.2. The Balaban J connectivity index is 2.87. The molecule has 1 aromatic rings. The van der Waals surface area contributed by atoms with Crippen LogP contribution in [0.25, 0.3) is 0 Å². The van der Waals surface area contributed by atoms with Gasteiger partial charge in [-0.1, -0.05) is 40.5 Å². The van der Waals surface area contributed by atoms with E-state index < -0.39 is 12.0 Å². The molecule has 0 spiro atoms. The lowest BCUT2D eigenvalue weighted by atomic mass is 10.1. The summed E-state index contributed by atoms with van der Waals surface area (Å²) in [6, 6.07) is -0.842. The Hall–Kier alpha value is -1.85. The number of carboxylic acids is 1. The number of rotatable bonds is 9. The lowest BCUT2D eigenvalue weighted by molar-refractivity contribution is -0.139. The minimum absolute atomic E-state index is 0.352. The Bertz CT molecular complexity index is 509. The lowest BCUT2D eigenvalue weighted by Crippen LogP contribution is -2.41. The van der Waals surface area contributed by atoms with Gasteiger partial charge in [0.05, 0.1) is 17.5 Å². The number of hydrogen-bond donors (Lipinski definition) is 2. The van der Waals surface area contributed by atoms with E-state index in [4.69, 9.17) is 0 Å². The minimum atomic E-state index is -0.991. The van der Waals surface area contributed by atoms with Crippen molar-refractivity contribution in [1.29, 1.82) is 0 Å². The van der Waals surface area contributed by atoms with Gasteiger partial charge >= 0.3 is 5.97 Å². The highest BCUT2D eigenvalue weighted by molar-refractivity contribution is 5.97. The summed E-state index contributed by atoms with van der Waals surface area (Å²) in [6.07, 6.45) is 4.33. The molecule has 1 amide bonds. The number of nitrogens with zero attached hydrogens (tertiary/aromatic N) is 2. The third-order valence-corrected chi connectivity index (χ3v) is 3.52. The van der Waals surface area contributed by atoms with Crippen molar-refractivity contribution in [3.63, 3.8) is 0 Å². The molecule has 0 saturated heterocycles. The van der Waals surface area contributed by atoms with Crippen LogP contribution in [0.4, 0.5) is 0 Å².